The fourth-order valence-corrected chi connectivity index (χ4v) is 3.46. The SMILES string of the molecule is COc1ccc(-n2ccnc2SCc2ccc(C(N)=O)cc2[N+](=O)[O-])cc1. The summed E-state index contributed by atoms with van der Waals surface area (Å²) in [5.41, 5.74) is 6.55. The third-order valence-corrected chi connectivity index (χ3v) is 4.90. The highest BCUT2D eigenvalue weighted by molar-refractivity contribution is 7.98. The molecule has 0 bridgehead atoms. The first-order chi connectivity index (χ1) is 13.0. The summed E-state index contributed by atoms with van der Waals surface area (Å²) in [7, 11) is 1.60. The number of nitrogens with two attached hydrogens (primary N) is 1. The van der Waals surface area contributed by atoms with Gasteiger partial charge >= 0.3 is 0 Å². The number of amides is 1. The average Bonchev–Trinajstić information content (AvgIpc) is 3.14. The Bertz CT molecular complexity index is 985. The van der Waals surface area contributed by atoms with Crippen molar-refractivity contribution in [3.8, 4) is 11.4 Å². The van der Waals surface area contributed by atoms with Crippen molar-refractivity contribution in [1.82, 2.24) is 9.55 Å². The van der Waals surface area contributed by atoms with E-state index in [1.165, 1.54) is 23.9 Å². The number of carbonyl (C=O) groups excluding carboxylic acids is 1. The molecule has 3 rings (SSSR count). The molecule has 0 aliphatic carbocycles. The number of methoxy groups -OCH3 is 1. The maximum absolute atomic E-state index is 11.3. The highest BCUT2D eigenvalue weighted by Gasteiger charge is 2.17. The molecule has 9 heteroatoms. The zero-order valence-electron chi connectivity index (χ0n) is 14.4. The molecular weight excluding hydrogens is 368 g/mol. The highest BCUT2D eigenvalue weighted by atomic mass is 32.2. The smallest absolute Gasteiger partial charge is 0.274 e. The summed E-state index contributed by atoms with van der Waals surface area (Å²) in [5.74, 6) is 0.369. The fourth-order valence-electron chi connectivity index (χ4n) is 2.49. The van der Waals surface area contributed by atoms with E-state index < -0.39 is 10.8 Å². The second-order valence-corrected chi connectivity index (χ2v) is 6.47. The van der Waals surface area contributed by atoms with E-state index in [9.17, 15) is 14.9 Å². The van der Waals surface area contributed by atoms with Gasteiger partial charge in [-0.2, -0.15) is 0 Å². The maximum Gasteiger partial charge on any atom is 0.274 e. The molecule has 2 N–H and O–H groups in total. The van der Waals surface area contributed by atoms with E-state index >= 15 is 0 Å². The predicted octanol–water partition coefficient (Wildman–Crippen LogP) is 3.18. The van der Waals surface area contributed by atoms with Crippen LogP contribution in [0.1, 0.15) is 15.9 Å². The molecular formula is C18H16N4O4S. The number of ether oxygens (including phenoxy) is 1. The number of rotatable bonds is 7. The largest absolute Gasteiger partial charge is 0.497 e. The van der Waals surface area contributed by atoms with Gasteiger partial charge in [0.15, 0.2) is 5.16 Å². The van der Waals surface area contributed by atoms with Gasteiger partial charge in [0.05, 0.1) is 12.0 Å². The van der Waals surface area contributed by atoms with Crippen LogP contribution in [0.5, 0.6) is 5.75 Å². The van der Waals surface area contributed by atoms with Crippen molar-refractivity contribution in [2.75, 3.05) is 7.11 Å². The Hall–Kier alpha value is -3.33. The lowest BCUT2D eigenvalue weighted by molar-refractivity contribution is -0.385. The Balaban J connectivity index is 1.83. The van der Waals surface area contributed by atoms with Crippen LogP contribution < -0.4 is 10.5 Å². The number of benzene rings is 2. The molecule has 0 radical (unpaired) electrons. The minimum atomic E-state index is -0.702. The maximum atomic E-state index is 11.3. The van der Waals surface area contributed by atoms with Crippen LogP contribution in [0.3, 0.4) is 0 Å². The molecule has 27 heavy (non-hydrogen) atoms. The molecule has 138 valence electrons. The van der Waals surface area contributed by atoms with Crippen LogP contribution in [0.25, 0.3) is 5.69 Å². The molecule has 2 aromatic carbocycles. The molecule has 1 aromatic heterocycles. The molecule has 1 amide bonds. The molecule has 3 aromatic rings. The van der Waals surface area contributed by atoms with E-state index in [0.717, 1.165) is 11.4 Å². The number of imidazole rings is 1. The highest BCUT2D eigenvalue weighted by Crippen LogP contribution is 2.29. The number of nitro groups is 1. The molecule has 0 unspecified atom stereocenters. The van der Waals surface area contributed by atoms with Crippen molar-refractivity contribution in [2.24, 2.45) is 5.73 Å². The lowest BCUT2D eigenvalue weighted by Gasteiger charge is -2.09. The summed E-state index contributed by atoms with van der Waals surface area (Å²) in [6.45, 7) is 0. The van der Waals surface area contributed by atoms with Gasteiger partial charge in [-0.1, -0.05) is 17.8 Å². The Kier molecular flexibility index (Phi) is 5.41. The van der Waals surface area contributed by atoms with Crippen LogP contribution in [0, 0.1) is 10.1 Å². The summed E-state index contributed by atoms with van der Waals surface area (Å²) in [6, 6.07) is 11.7. The topological polar surface area (TPSA) is 113 Å². The number of carbonyl (C=O) groups is 1. The molecule has 1 heterocycles. The van der Waals surface area contributed by atoms with Gasteiger partial charge in [0.1, 0.15) is 5.75 Å². The van der Waals surface area contributed by atoms with E-state index in [-0.39, 0.29) is 11.3 Å². The summed E-state index contributed by atoms with van der Waals surface area (Å²) in [4.78, 5) is 26.4. The van der Waals surface area contributed by atoms with Crippen LogP contribution in [0.4, 0.5) is 5.69 Å². The van der Waals surface area contributed by atoms with Gasteiger partial charge in [0.2, 0.25) is 5.91 Å². The van der Waals surface area contributed by atoms with Crippen LogP contribution in [0.15, 0.2) is 60.0 Å². The lowest BCUT2D eigenvalue weighted by Crippen LogP contribution is -2.11. The molecule has 0 atom stereocenters. The number of hydrogen-bond acceptors (Lipinski definition) is 6. The molecule has 0 aliphatic heterocycles. The van der Waals surface area contributed by atoms with Gasteiger partial charge in [0.25, 0.3) is 5.69 Å². The van der Waals surface area contributed by atoms with E-state index in [4.69, 9.17) is 10.5 Å². The molecule has 0 spiro atoms. The normalized spacial score (nSPS) is 10.6. The van der Waals surface area contributed by atoms with E-state index in [1.54, 1.807) is 19.4 Å². The van der Waals surface area contributed by atoms with Gasteiger partial charge in [0, 0.05) is 41.0 Å². The minimum Gasteiger partial charge on any atom is -0.497 e. The predicted molar refractivity (Wildman–Crippen MR) is 101 cm³/mol. The molecule has 0 fully saturated rings. The van der Waals surface area contributed by atoms with Gasteiger partial charge in [-0.25, -0.2) is 4.98 Å². The Morgan fingerprint density at radius 1 is 1.30 bits per heavy atom. The van der Waals surface area contributed by atoms with Crippen molar-refractivity contribution in [3.05, 3.63) is 76.1 Å². The monoisotopic (exact) mass is 384 g/mol. The fraction of sp³-hybridized carbons (Fsp3) is 0.111. The van der Waals surface area contributed by atoms with Crippen LogP contribution in [0.2, 0.25) is 0 Å². The number of nitrogens with zero attached hydrogens (tertiary/aromatic N) is 3. The Morgan fingerprint density at radius 2 is 2.04 bits per heavy atom. The standard InChI is InChI=1S/C18H16N4O4S/c1-26-15-6-4-14(5-7-15)21-9-8-20-18(21)27-11-13-3-2-12(17(19)23)10-16(13)22(24)25/h2-10H,11H2,1H3,(H2,19,23). The van der Waals surface area contributed by atoms with E-state index in [0.29, 0.717) is 16.5 Å². The third kappa shape index (κ3) is 4.09. The summed E-state index contributed by atoms with van der Waals surface area (Å²) in [6.07, 6.45) is 3.48. The number of thioether (sulfide) groups is 1. The van der Waals surface area contributed by atoms with E-state index in [2.05, 4.69) is 4.98 Å². The number of hydrogen-bond donors (Lipinski definition) is 1. The number of aromatic nitrogens is 2. The van der Waals surface area contributed by atoms with Crippen LogP contribution in [-0.2, 0) is 5.75 Å². The number of primary amides is 1. The van der Waals surface area contributed by atoms with Crippen molar-refractivity contribution >= 4 is 23.4 Å². The second-order valence-electron chi connectivity index (χ2n) is 5.53. The van der Waals surface area contributed by atoms with E-state index in [1.807, 2.05) is 35.0 Å². The third-order valence-electron chi connectivity index (χ3n) is 3.88. The van der Waals surface area contributed by atoms with Gasteiger partial charge in [-0.05, 0) is 30.3 Å². The summed E-state index contributed by atoms with van der Waals surface area (Å²) >= 11 is 1.36. The van der Waals surface area contributed by atoms with Crippen molar-refractivity contribution in [3.63, 3.8) is 0 Å². The molecule has 0 aliphatic rings. The van der Waals surface area contributed by atoms with Gasteiger partial charge < -0.3 is 10.5 Å². The molecule has 0 saturated heterocycles. The van der Waals surface area contributed by atoms with Crippen molar-refractivity contribution in [2.45, 2.75) is 10.9 Å². The summed E-state index contributed by atoms with van der Waals surface area (Å²) < 4.78 is 7.04. The van der Waals surface area contributed by atoms with Crippen molar-refractivity contribution in [1.29, 1.82) is 0 Å². The van der Waals surface area contributed by atoms with Crippen molar-refractivity contribution < 1.29 is 14.5 Å². The second kappa shape index (κ2) is 7.92. The first-order valence-electron chi connectivity index (χ1n) is 7.87. The summed E-state index contributed by atoms with van der Waals surface area (Å²) in [5, 5.41) is 12.0. The molecule has 0 saturated carbocycles. The first-order valence-corrected chi connectivity index (χ1v) is 8.86. The Morgan fingerprint density at radius 3 is 2.67 bits per heavy atom. The zero-order valence-corrected chi connectivity index (χ0v) is 15.2. The van der Waals surface area contributed by atoms with Crippen LogP contribution in [-0.4, -0.2) is 27.5 Å². The molecule has 8 nitrogen and oxygen atoms in total. The lowest BCUT2D eigenvalue weighted by atomic mass is 10.1. The average molecular weight is 384 g/mol. The quantitative estimate of drug-likeness (QED) is 0.380. The first kappa shape index (κ1) is 18.5. The minimum absolute atomic E-state index is 0.107. The zero-order chi connectivity index (χ0) is 19.4. The van der Waals surface area contributed by atoms with Gasteiger partial charge in [-0.3, -0.25) is 19.5 Å². The number of nitro benzene ring substituents is 1. The Labute approximate surface area is 159 Å². The van der Waals surface area contributed by atoms with Gasteiger partial charge in [-0.15, -0.1) is 0 Å². The van der Waals surface area contributed by atoms with Crippen LogP contribution >= 0.6 is 11.8 Å².